The summed E-state index contributed by atoms with van der Waals surface area (Å²) in [4.78, 5) is 33.1. The maximum absolute atomic E-state index is 13.7. The molecule has 0 aliphatic carbocycles. The van der Waals surface area contributed by atoms with Crippen LogP contribution in [0.3, 0.4) is 0 Å². The predicted molar refractivity (Wildman–Crippen MR) is 125 cm³/mol. The molecule has 1 aliphatic heterocycles. The molecule has 5 atom stereocenters. The molecular weight excluding hydrogens is 488 g/mol. The number of rotatable bonds is 9. The van der Waals surface area contributed by atoms with E-state index in [9.17, 15) is 9.59 Å². The van der Waals surface area contributed by atoms with Crippen LogP contribution in [0.4, 0.5) is 0 Å². The van der Waals surface area contributed by atoms with Gasteiger partial charge in [-0.1, -0.05) is 20.8 Å². The van der Waals surface area contributed by atoms with E-state index in [2.05, 4.69) is 11.9 Å². The number of hydrogen-bond acceptors (Lipinski definition) is 4. The zero-order valence-corrected chi connectivity index (χ0v) is 21.4. The van der Waals surface area contributed by atoms with Crippen molar-refractivity contribution in [1.82, 2.24) is 14.8 Å². The highest BCUT2D eigenvalue weighted by Crippen LogP contribution is 2.37. The quantitative estimate of drug-likeness (QED) is 0.405. The van der Waals surface area contributed by atoms with Gasteiger partial charge in [-0.3, -0.25) is 9.59 Å². The lowest BCUT2D eigenvalue weighted by Crippen LogP contribution is -2.50. The van der Waals surface area contributed by atoms with Crippen molar-refractivity contribution >= 4 is 69.6 Å². The minimum atomic E-state index is -0.670. The Hall–Kier alpha value is -0.270. The fraction of sp³-hybridized carbons (Fsp3) is 0.750. The maximum atomic E-state index is 13.7. The molecule has 0 radical (unpaired) electrons. The van der Waals surface area contributed by atoms with Crippen molar-refractivity contribution in [2.45, 2.75) is 61.8 Å². The van der Waals surface area contributed by atoms with Crippen LogP contribution < -0.4 is 0 Å². The first kappa shape index (κ1) is 26.0. The van der Waals surface area contributed by atoms with E-state index in [0.29, 0.717) is 18.9 Å². The highest BCUT2D eigenvalue weighted by atomic mass is 35.5. The normalized spacial score (nSPS) is 22.4. The average molecular weight is 517 g/mol. The first-order valence-corrected chi connectivity index (χ1v) is 12.7. The van der Waals surface area contributed by atoms with Crippen molar-refractivity contribution in [3.05, 3.63) is 16.6 Å². The standard InChI is InChI=1S/C20H29Cl4N3O2S/c1-11-7-14(19-25-5-6-30-19)27(10-11)20(29)15(8-12(2)17(21)22)26(4)16(28)9-13(3)18(23)24/h5-6,11-15,17-18H,7-10H2,1-4H3/t11-,12-,13-,14-,15-/m0/s1. The summed E-state index contributed by atoms with van der Waals surface area (Å²) in [6.07, 6.45) is 3.13. The van der Waals surface area contributed by atoms with Gasteiger partial charge in [-0.05, 0) is 30.6 Å². The third-order valence-corrected chi connectivity index (χ3v) is 8.23. The van der Waals surface area contributed by atoms with Gasteiger partial charge in [0.15, 0.2) is 0 Å². The van der Waals surface area contributed by atoms with E-state index < -0.39 is 15.7 Å². The number of carbonyl (C=O) groups is 2. The van der Waals surface area contributed by atoms with E-state index >= 15 is 0 Å². The minimum Gasteiger partial charge on any atom is -0.334 e. The molecule has 1 aromatic heterocycles. The number of carbonyl (C=O) groups excluding carboxylic acids is 2. The second-order valence-electron chi connectivity index (χ2n) is 8.30. The summed E-state index contributed by atoms with van der Waals surface area (Å²) in [5.74, 6) is -0.318. The fourth-order valence-electron chi connectivity index (χ4n) is 3.68. The van der Waals surface area contributed by atoms with Crippen LogP contribution in [0, 0.1) is 17.8 Å². The van der Waals surface area contributed by atoms with Crippen LogP contribution in [-0.4, -0.2) is 55.9 Å². The smallest absolute Gasteiger partial charge is 0.245 e. The van der Waals surface area contributed by atoms with E-state index in [1.54, 1.807) is 24.6 Å². The highest BCUT2D eigenvalue weighted by Gasteiger charge is 2.41. The highest BCUT2D eigenvalue weighted by molar-refractivity contribution is 7.09. The summed E-state index contributed by atoms with van der Waals surface area (Å²) in [5, 5.41) is 2.83. The summed E-state index contributed by atoms with van der Waals surface area (Å²) < 4.78 is 0. The number of nitrogens with zero attached hydrogens (tertiary/aromatic N) is 3. The minimum absolute atomic E-state index is 0.0782. The van der Waals surface area contributed by atoms with Crippen molar-refractivity contribution in [3.63, 3.8) is 0 Å². The van der Waals surface area contributed by atoms with Gasteiger partial charge in [0.05, 0.1) is 6.04 Å². The molecule has 0 saturated carbocycles. The van der Waals surface area contributed by atoms with Crippen molar-refractivity contribution in [3.8, 4) is 0 Å². The van der Waals surface area contributed by atoms with Gasteiger partial charge in [0.25, 0.3) is 0 Å². The van der Waals surface area contributed by atoms with Gasteiger partial charge in [-0.25, -0.2) is 4.98 Å². The van der Waals surface area contributed by atoms with Crippen molar-refractivity contribution < 1.29 is 9.59 Å². The molecule has 1 aliphatic rings. The average Bonchev–Trinajstić information content (AvgIpc) is 3.33. The molecule has 2 heterocycles. The van der Waals surface area contributed by atoms with Gasteiger partial charge in [-0.2, -0.15) is 0 Å². The Morgan fingerprint density at radius 3 is 2.40 bits per heavy atom. The van der Waals surface area contributed by atoms with Crippen LogP contribution >= 0.6 is 57.7 Å². The molecule has 10 heteroatoms. The molecule has 30 heavy (non-hydrogen) atoms. The summed E-state index contributed by atoms with van der Waals surface area (Å²) in [6, 6.07) is -0.748. The molecule has 170 valence electrons. The van der Waals surface area contributed by atoms with Crippen molar-refractivity contribution in [2.75, 3.05) is 13.6 Å². The largest absolute Gasteiger partial charge is 0.334 e. The molecule has 0 N–H and O–H groups in total. The van der Waals surface area contributed by atoms with E-state index in [0.717, 1.165) is 11.4 Å². The molecule has 0 bridgehead atoms. The SMILES string of the molecule is C[C@H]1C[C@@H](c2nccs2)N(C(=O)[C@H](C[C@H](C)C(Cl)Cl)N(C)C(=O)C[C@H](C)C(Cl)Cl)C1. The number of likely N-dealkylation sites (N-methyl/N-ethyl adjacent to an activating group) is 1. The molecule has 0 aromatic carbocycles. The van der Waals surface area contributed by atoms with Gasteiger partial charge in [0.2, 0.25) is 11.8 Å². The van der Waals surface area contributed by atoms with Crippen LogP contribution in [0.5, 0.6) is 0 Å². The van der Waals surface area contributed by atoms with Crippen molar-refractivity contribution in [1.29, 1.82) is 0 Å². The Labute approximate surface area is 203 Å². The van der Waals surface area contributed by atoms with E-state index in [1.807, 2.05) is 24.1 Å². The summed E-state index contributed by atoms with van der Waals surface area (Å²) in [7, 11) is 1.65. The van der Waals surface area contributed by atoms with Crippen LogP contribution in [0.25, 0.3) is 0 Å². The first-order valence-electron chi connectivity index (χ1n) is 10.0. The van der Waals surface area contributed by atoms with E-state index in [-0.39, 0.29) is 36.1 Å². The van der Waals surface area contributed by atoms with Crippen molar-refractivity contribution in [2.24, 2.45) is 17.8 Å². The maximum Gasteiger partial charge on any atom is 0.245 e. The van der Waals surface area contributed by atoms with Gasteiger partial charge >= 0.3 is 0 Å². The Morgan fingerprint density at radius 1 is 1.23 bits per heavy atom. The Balaban J connectivity index is 2.26. The molecule has 1 fully saturated rings. The Morgan fingerprint density at radius 2 is 1.87 bits per heavy atom. The van der Waals surface area contributed by atoms with Gasteiger partial charge in [0, 0.05) is 31.6 Å². The monoisotopic (exact) mass is 515 g/mol. The van der Waals surface area contributed by atoms with Crippen LogP contribution in [0.2, 0.25) is 0 Å². The van der Waals surface area contributed by atoms with Crippen LogP contribution in [0.15, 0.2) is 11.6 Å². The summed E-state index contributed by atoms with van der Waals surface area (Å²) >= 11 is 25.5. The van der Waals surface area contributed by atoms with E-state index in [4.69, 9.17) is 46.4 Å². The zero-order valence-electron chi connectivity index (χ0n) is 17.6. The van der Waals surface area contributed by atoms with Gasteiger partial charge in [0.1, 0.15) is 20.7 Å². The number of aromatic nitrogens is 1. The number of alkyl halides is 4. The summed E-state index contributed by atoms with van der Waals surface area (Å²) in [6.45, 7) is 6.44. The number of halogens is 4. The topological polar surface area (TPSA) is 53.5 Å². The van der Waals surface area contributed by atoms with Gasteiger partial charge in [-0.15, -0.1) is 57.7 Å². The Bertz CT molecular complexity index is 704. The summed E-state index contributed by atoms with van der Waals surface area (Å²) in [5.41, 5.74) is 0. The lowest BCUT2D eigenvalue weighted by atomic mass is 9.99. The third kappa shape index (κ3) is 6.61. The second kappa shape index (κ2) is 11.6. The first-order chi connectivity index (χ1) is 14.0. The van der Waals surface area contributed by atoms with E-state index in [1.165, 1.54) is 4.90 Å². The number of amides is 2. The fourth-order valence-corrected chi connectivity index (χ4v) is 4.82. The van der Waals surface area contributed by atoms with Gasteiger partial charge < -0.3 is 9.80 Å². The molecule has 0 spiro atoms. The molecule has 2 rings (SSSR count). The molecule has 1 aromatic rings. The zero-order chi connectivity index (χ0) is 22.6. The van der Waals surface area contributed by atoms with Crippen LogP contribution in [-0.2, 0) is 9.59 Å². The molecule has 2 amide bonds. The third-order valence-electron chi connectivity index (χ3n) is 5.63. The number of hydrogen-bond donors (Lipinski definition) is 0. The second-order valence-corrected chi connectivity index (χ2v) is 11.6. The molecular formula is C20H29Cl4N3O2S. The molecule has 1 saturated heterocycles. The number of thiazole rings is 1. The molecule has 0 unspecified atom stereocenters. The number of likely N-dealkylation sites (tertiary alicyclic amines) is 1. The van der Waals surface area contributed by atoms with Crippen LogP contribution in [0.1, 0.15) is 51.1 Å². The molecule has 5 nitrogen and oxygen atoms in total. The lowest BCUT2D eigenvalue weighted by molar-refractivity contribution is -0.146. The lowest BCUT2D eigenvalue weighted by Gasteiger charge is -2.35. The predicted octanol–water partition coefficient (Wildman–Crippen LogP) is 5.54. The Kier molecular flexibility index (Phi) is 10.0.